The molecule has 9 nitrogen and oxygen atoms in total. The lowest BCUT2D eigenvalue weighted by atomic mass is 10.2. The van der Waals surface area contributed by atoms with Gasteiger partial charge in [-0.25, -0.2) is 28.5 Å². The minimum atomic E-state index is -3.74. The molecule has 10 heteroatoms. The lowest BCUT2D eigenvalue weighted by Crippen LogP contribution is -2.11. The third kappa shape index (κ3) is 3.75. The lowest BCUT2D eigenvalue weighted by Gasteiger charge is -2.08. The van der Waals surface area contributed by atoms with E-state index in [1.165, 1.54) is 12.1 Å². The van der Waals surface area contributed by atoms with E-state index in [4.69, 9.17) is 9.88 Å². The van der Waals surface area contributed by atoms with Crippen LogP contribution in [0.4, 0.5) is 11.6 Å². The molecule has 0 fully saturated rings. The van der Waals surface area contributed by atoms with Crippen LogP contribution >= 0.6 is 0 Å². The van der Waals surface area contributed by atoms with Crippen molar-refractivity contribution in [1.82, 2.24) is 19.4 Å². The number of hydrogen-bond acceptors (Lipinski definition) is 7. The van der Waals surface area contributed by atoms with E-state index in [0.29, 0.717) is 23.1 Å². The van der Waals surface area contributed by atoms with Crippen LogP contribution in [0.2, 0.25) is 0 Å². The van der Waals surface area contributed by atoms with Gasteiger partial charge in [0.1, 0.15) is 11.4 Å². The first-order chi connectivity index (χ1) is 13.8. The van der Waals surface area contributed by atoms with Crippen molar-refractivity contribution < 1.29 is 13.2 Å². The Morgan fingerprint density at radius 1 is 1.07 bits per heavy atom. The van der Waals surface area contributed by atoms with Gasteiger partial charge in [0, 0.05) is 11.9 Å². The van der Waals surface area contributed by atoms with Crippen molar-refractivity contribution in [2.24, 2.45) is 5.14 Å². The van der Waals surface area contributed by atoms with E-state index in [-0.39, 0.29) is 4.90 Å². The van der Waals surface area contributed by atoms with Crippen molar-refractivity contribution >= 4 is 27.3 Å². The highest BCUT2D eigenvalue weighted by molar-refractivity contribution is 7.89. The second kappa shape index (κ2) is 7.15. The molecule has 0 atom stereocenters. The van der Waals surface area contributed by atoms with Gasteiger partial charge in [-0.2, -0.15) is 0 Å². The van der Waals surface area contributed by atoms with Crippen LogP contribution in [0, 0.1) is 6.92 Å². The van der Waals surface area contributed by atoms with Crippen molar-refractivity contribution in [3.63, 3.8) is 0 Å². The SMILES string of the molecule is COc1ccc2nc(C)c(-c3ccnc(Nc4ccc(S(N)(=O)=O)cc4)n3)n2c1. The molecule has 1 aromatic carbocycles. The second-order valence-corrected chi connectivity index (χ2v) is 7.86. The van der Waals surface area contributed by atoms with E-state index in [2.05, 4.69) is 20.3 Å². The van der Waals surface area contributed by atoms with E-state index in [0.717, 1.165) is 17.0 Å². The number of aromatic nitrogens is 4. The van der Waals surface area contributed by atoms with Crippen molar-refractivity contribution in [3.05, 3.63) is 60.6 Å². The zero-order valence-electron chi connectivity index (χ0n) is 15.7. The number of aryl methyl sites for hydroxylation is 1. The molecule has 0 spiro atoms. The average Bonchev–Trinajstić information content (AvgIpc) is 3.02. The van der Waals surface area contributed by atoms with E-state index in [1.807, 2.05) is 29.7 Å². The Labute approximate surface area is 167 Å². The summed E-state index contributed by atoms with van der Waals surface area (Å²) in [5.74, 6) is 1.07. The molecular formula is C19H18N6O3S. The first-order valence-electron chi connectivity index (χ1n) is 8.61. The largest absolute Gasteiger partial charge is 0.495 e. The molecule has 0 aliphatic carbocycles. The molecule has 29 heavy (non-hydrogen) atoms. The predicted molar refractivity (Wildman–Crippen MR) is 109 cm³/mol. The van der Waals surface area contributed by atoms with Gasteiger partial charge in [-0.15, -0.1) is 0 Å². The van der Waals surface area contributed by atoms with Gasteiger partial charge in [0.05, 0.1) is 35.3 Å². The average molecular weight is 410 g/mol. The number of imidazole rings is 1. The normalized spacial score (nSPS) is 11.6. The number of benzene rings is 1. The number of sulfonamides is 1. The Morgan fingerprint density at radius 3 is 2.52 bits per heavy atom. The minimum absolute atomic E-state index is 0.0352. The highest BCUT2D eigenvalue weighted by Gasteiger charge is 2.14. The first kappa shape index (κ1) is 18.8. The molecule has 4 rings (SSSR count). The van der Waals surface area contributed by atoms with Crippen LogP contribution in [0.15, 0.2) is 59.8 Å². The molecule has 0 saturated heterocycles. The van der Waals surface area contributed by atoms with Gasteiger partial charge in [-0.3, -0.25) is 4.40 Å². The van der Waals surface area contributed by atoms with Gasteiger partial charge in [0.2, 0.25) is 16.0 Å². The molecule has 3 aromatic heterocycles. The number of nitrogens with one attached hydrogen (secondary N) is 1. The van der Waals surface area contributed by atoms with Crippen molar-refractivity contribution in [2.45, 2.75) is 11.8 Å². The number of primary sulfonamides is 1. The van der Waals surface area contributed by atoms with Crippen LogP contribution < -0.4 is 15.2 Å². The summed E-state index contributed by atoms with van der Waals surface area (Å²) >= 11 is 0. The zero-order chi connectivity index (χ0) is 20.6. The van der Waals surface area contributed by atoms with E-state index < -0.39 is 10.0 Å². The van der Waals surface area contributed by atoms with E-state index in [9.17, 15) is 8.42 Å². The molecule has 0 unspecified atom stereocenters. The van der Waals surface area contributed by atoms with Crippen molar-refractivity contribution in [1.29, 1.82) is 0 Å². The molecule has 3 heterocycles. The predicted octanol–water partition coefficient (Wildman–Crippen LogP) is 2.50. The topological polar surface area (TPSA) is 124 Å². The summed E-state index contributed by atoms with van der Waals surface area (Å²) in [7, 11) is -2.13. The number of anilines is 2. The summed E-state index contributed by atoms with van der Waals surface area (Å²) in [5.41, 5.74) is 3.74. The molecule has 4 aromatic rings. The molecule has 0 aliphatic heterocycles. The summed E-state index contributed by atoms with van der Waals surface area (Å²) in [5, 5.41) is 8.19. The highest BCUT2D eigenvalue weighted by Crippen LogP contribution is 2.26. The number of nitrogens with two attached hydrogens (primary N) is 1. The summed E-state index contributed by atoms with van der Waals surface area (Å²) < 4.78 is 30.0. The number of hydrogen-bond donors (Lipinski definition) is 2. The molecular weight excluding hydrogens is 392 g/mol. The Morgan fingerprint density at radius 2 is 1.83 bits per heavy atom. The van der Waals surface area contributed by atoms with Gasteiger partial charge >= 0.3 is 0 Å². The molecule has 148 valence electrons. The number of pyridine rings is 1. The molecule has 0 saturated carbocycles. The monoisotopic (exact) mass is 410 g/mol. The van der Waals surface area contributed by atoms with E-state index >= 15 is 0 Å². The van der Waals surface area contributed by atoms with Crippen LogP contribution in [0.25, 0.3) is 17.0 Å². The van der Waals surface area contributed by atoms with Crippen LogP contribution in [0.5, 0.6) is 5.75 Å². The highest BCUT2D eigenvalue weighted by atomic mass is 32.2. The van der Waals surface area contributed by atoms with Gasteiger partial charge < -0.3 is 10.1 Å². The van der Waals surface area contributed by atoms with Gasteiger partial charge in [-0.05, 0) is 49.4 Å². The van der Waals surface area contributed by atoms with Crippen LogP contribution in [0.3, 0.4) is 0 Å². The maximum Gasteiger partial charge on any atom is 0.238 e. The molecule has 0 amide bonds. The zero-order valence-corrected chi connectivity index (χ0v) is 16.5. The summed E-state index contributed by atoms with van der Waals surface area (Å²) in [6.07, 6.45) is 3.49. The number of nitrogens with zero attached hydrogens (tertiary/aromatic N) is 4. The smallest absolute Gasteiger partial charge is 0.238 e. The third-order valence-electron chi connectivity index (χ3n) is 4.34. The number of rotatable bonds is 5. The Hall–Kier alpha value is -3.50. The van der Waals surface area contributed by atoms with Crippen molar-refractivity contribution in [3.8, 4) is 17.1 Å². The molecule has 3 N–H and O–H groups in total. The Kier molecular flexibility index (Phi) is 4.65. The van der Waals surface area contributed by atoms with E-state index in [1.54, 1.807) is 31.5 Å². The standard InChI is InChI=1S/C19H18N6O3S/c1-12-18(25-11-14(28-2)5-8-17(25)22-12)16-9-10-21-19(24-16)23-13-3-6-15(7-4-13)29(20,26)27/h3-11H,1-2H3,(H2,20,26,27)(H,21,23,24). The fourth-order valence-corrected chi connectivity index (χ4v) is 3.50. The molecule has 0 aliphatic rings. The number of ether oxygens (including phenoxy) is 1. The third-order valence-corrected chi connectivity index (χ3v) is 5.27. The fourth-order valence-electron chi connectivity index (χ4n) is 2.98. The maximum absolute atomic E-state index is 11.4. The summed E-state index contributed by atoms with van der Waals surface area (Å²) in [6.45, 7) is 1.91. The van der Waals surface area contributed by atoms with Gasteiger partial charge in [0.15, 0.2) is 0 Å². The minimum Gasteiger partial charge on any atom is -0.495 e. The number of methoxy groups -OCH3 is 1. The van der Waals surface area contributed by atoms with Crippen molar-refractivity contribution in [2.75, 3.05) is 12.4 Å². The second-order valence-electron chi connectivity index (χ2n) is 6.30. The fraction of sp³-hybridized carbons (Fsp3) is 0.105. The maximum atomic E-state index is 11.4. The van der Waals surface area contributed by atoms with Gasteiger partial charge in [0.25, 0.3) is 0 Å². The molecule has 0 bridgehead atoms. The van der Waals surface area contributed by atoms with Gasteiger partial charge in [-0.1, -0.05) is 0 Å². The van der Waals surface area contributed by atoms with Crippen LogP contribution in [-0.2, 0) is 10.0 Å². The Bertz CT molecular complexity index is 1300. The van der Waals surface area contributed by atoms with Crippen LogP contribution in [0.1, 0.15) is 5.69 Å². The number of fused-ring (bicyclic) bond motifs is 1. The Balaban J connectivity index is 1.69. The quantitative estimate of drug-likeness (QED) is 0.518. The van der Waals surface area contributed by atoms with Crippen LogP contribution in [-0.4, -0.2) is 34.9 Å². The first-order valence-corrected chi connectivity index (χ1v) is 10.2. The summed E-state index contributed by atoms with van der Waals surface area (Å²) in [6, 6.07) is 11.6. The lowest BCUT2D eigenvalue weighted by molar-refractivity contribution is 0.412. The molecule has 0 radical (unpaired) electrons. The summed E-state index contributed by atoms with van der Waals surface area (Å²) in [4.78, 5) is 13.4.